The number of rotatable bonds is 1. The lowest BCUT2D eigenvalue weighted by Gasteiger charge is -2.29. The van der Waals surface area contributed by atoms with Gasteiger partial charge in [0, 0.05) is 23.6 Å². The summed E-state index contributed by atoms with van der Waals surface area (Å²) in [5.74, 6) is 0.429. The van der Waals surface area contributed by atoms with E-state index in [1.54, 1.807) is 6.07 Å². The molecule has 0 spiro atoms. The number of nitrogens with zero attached hydrogens (tertiary/aromatic N) is 1. The summed E-state index contributed by atoms with van der Waals surface area (Å²) in [5, 5.41) is 0. The normalized spacial score (nSPS) is 29.4. The van der Waals surface area contributed by atoms with Gasteiger partial charge in [-0.15, -0.1) is 0 Å². The van der Waals surface area contributed by atoms with Crippen LogP contribution in [0.25, 0.3) is 0 Å². The van der Waals surface area contributed by atoms with Gasteiger partial charge >= 0.3 is 0 Å². The van der Waals surface area contributed by atoms with E-state index in [0.29, 0.717) is 28.4 Å². The summed E-state index contributed by atoms with van der Waals surface area (Å²) in [5.41, 5.74) is 6.57. The highest BCUT2D eigenvalue weighted by Gasteiger charge is 2.40. The van der Waals surface area contributed by atoms with Gasteiger partial charge in [-0.25, -0.2) is 4.39 Å². The second kappa shape index (κ2) is 5.45. The van der Waals surface area contributed by atoms with Crippen LogP contribution in [0.4, 0.5) is 4.39 Å². The first-order chi connectivity index (χ1) is 9.56. The van der Waals surface area contributed by atoms with Crippen LogP contribution < -0.4 is 5.73 Å². The third-order valence-corrected chi connectivity index (χ3v) is 5.29. The summed E-state index contributed by atoms with van der Waals surface area (Å²) in [6, 6.07) is 4.43. The van der Waals surface area contributed by atoms with Gasteiger partial charge in [-0.3, -0.25) is 4.79 Å². The molecular formula is C15H18BrFN2O. The molecule has 1 aromatic carbocycles. The number of carbonyl (C=O) groups is 1. The molecule has 1 amide bonds. The Balaban J connectivity index is 1.80. The lowest BCUT2D eigenvalue weighted by molar-refractivity contribution is 0.0782. The molecule has 5 heteroatoms. The van der Waals surface area contributed by atoms with E-state index in [1.807, 2.05) is 4.90 Å². The van der Waals surface area contributed by atoms with Gasteiger partial charge in [-0.2, -0.15) is 0 Å². The van der Waals surface area contributed by atoms with Crippen LogP contribution in [0.1, 0.15) is 29.6 Å². The molecule has 0 bridgehead atoms. The van der Waals surface area contributed by atoms with E-state index in [2.05, 4.69) is 15.9 Å². The van der Waals surface area contributed by atoms with Crippen molar-refractivity contribution >= 4 is 21.8 Å². The molecule has 2 N–H and O–H groups in total. The highest BCUT2D eigenvalue weighted by molar-refractivity contribution is 9.10. The van der Waals surface area contributed by atoms with Crippen LogP contribution in [0.15, 0.2) is 22.7 Å². The van der Waals surface area contributed by atoms with Gasteiger partial charge in [0.1, 0.15) is 5.82 Å². The summed E-state index contributed by atoms with van der Waals surface area (Å²) in [6.07, 6.45) is 3.34. The standard InChI is InChI=1S/C15H18BrFN2O/c16-13-5-4-10(17)6-11(13)15(20)19-7-9-2-1-3-14(18)12(9)8-19/h4-6,9,12,14H,1-3,7-8,18H2. The lowest BCUT2D eigenvalue weighted by atomic mass is 9.78. The first-order valence-corrected chi connectivity index (χ1v) is 7.85. The maximum absolute atomic E-state index is 13.3. The van der Waals surface area contributed by atoms with Crippen molar-refractivity contribution in [2.75, 3.05) is 13.1 Å². The number of hydrogen-bond acceptors (Lipinski definition) is 2. The Morgan fingerprint density at radius 3 is 2.90 bits per heavy atom. The molecule has 1 heterocycles. The zero-order valence-corrected chi connectivity index (χ0v) is 12.8. The van der Waals surface area contributed by atoms with E-state index < -0.39 is 0 Å². The van der Waals surface area contributed by atoms with Crippen molar-refractivity contribution in [3.63, 3.8) is 0 Å². The second-order valence-corrected chi connectivity index (χ2v) is 6.71. The third-order valence-electron chi connectivity index (χ3n) is 4.60. The molecule has 1 saturated carbocycles. The Kier molecular flexibility index (Phi) is 3.82. The zero-order chi connectivity index (χ0) is 14.3. The minimum absolute atomic E-state index is 0.0991. The molecule has 0 radical (unpaired) electrons. The smallest absolute Gasteiger partial charge is 0.255 e. The van der Waals surface area contributed by atoms with E-state index in [-0.39, 0.29) is 17.8 Å². The van der Waals surface area contributed by atoms with E-state index in [1.165, 1.54) is 12.1 Å². The lowest BCUT2D eigenvalue weighted by Crippen LogP contribution is -2.38. The van der Waals surface area contributed by atoms with Gasteiger partial charge in [0.05, 0.1) is 5.56 Å². The summed E-state index contributed by atoms with van der Waals surface area (Å²) < 4.78 is 14.0. The fourth-order valence-electron chi connectivity index (χ4n) is 3.51. The van der Waals surface area contributed by atoms with Crippen molar-refractivity contribution in [3.05, 3.63) is 34.1 Å². The van der Waals surface area contributed by atoms with Crippen molar-refractivity contribution in [1.29, 1.82) is 0 Å². The summed E-state index contributed by atoms with van der Waals surface area (Å²) in [6.45, 7) is 1.45. The zero-order valence-electron chi connectivity index (χ0n) is 11.2. The van der Waals surface area contributed by atoms with Crippen molar-refractivity contribution in [3.8, 4) is 0 Å². The van der Waals surface area contributed by atoms with Crippen LogP contribution in [0.3, 0.4) is 0 Å². The number of carbonyl (C=O) groups excluding carboxylic acids is 1. The van der Waals surface area contributed by atoms with E-state index in [4.69, 9.17) is 5.73 Å². The molecule has 20 heavy (non-hydrogen) atoms. The number of halogens is 2. The molecule has 3 unspecified atom stereocenters. The Labute approximate surface area is 126 Å². The predicted octanol–water partition coefficient (Wildman–Crippen LogP) is 2.79. The molecule has 3 nitrogen and oxygen atoms in total. The molecule has 0 aromatic heterocycles. The Bertz CT molecular complexity index is 537. The van der Waals surface area contributed by atoms with Crippen molar-refractivity contribution in [2.45, 2.75) is 25.3 Å². The van der Waals surface area contributed by atoms with Crippen LogP contribution in [0.2, 0.25) is 0 Å². The minimum Gasteiger partial charge on any atom is -0.338 e. The van der Waals surface area contributed by atoms with E-state index >= 15 is 0 Å². The molecule has 3 rings (SSSR count). The highest BCUT2D eigenvalue weighted by Crippen LogP contribution is 2.36. The minimum atomic E-state index is -0.384. The van der Waals surface area contributed by atoms with Crippen LogP contribution >= 0.6 is 15.9 Å². The quantitative estimate of drug-likeness (QED) is 0.854. The molecule has 108 valence electrons. The Hall–Kier alpha value is -0.940. The molecule has 1 saturated heterocycles. The van der Waals surface area contributed by atoms with Crippen LogP contribution in [-0.2, 0) is 0 Å². The molecular weight excluding hydrogens is 323 g/mol. The summed E-state index contributed by atoms with van der Waals surface area (Å²) >= 11 is 3.33. The first-order valence-electron chi connectivity index (χ1n) is 7.06. The fourth-order valence-corrected chi connectivity index (χ4v) is 3.93. The molecule has 2 fully saturated rings. The SMILES string of the molecule is NC1CCCC2CN(C(=O)c3cc(F)ccc3Br)CC12. The average Bonchev–Trinajstić information content (AvgIpc) is 2.86. The van der Waals surface area contributed by atoms with Crippen molar-refractivity contribution in [2.24, 2.45) is 17.6 Å². The number of benzene rings is 1. The molecule has 1 aromatic rings. The predicted molar refractivity (Wildman–Crippen MR) is 78.8 cm³/mol. The number of fused-ring (bicyclic) bond motifs is 1. The summed E-state index contributed by atoms with van der Waals surface area (Å²) in [7, 11) is 0. The van der Waals surface area contributed by atoms with Gasteiger partial charge in [0.2, 0.25) is 0 Å². The van der Waals surface area contributed by atoms with E-state index in [9.17, 15) is 9.18 Å². The van der Waals surface area contributed by atoms with Gasteiger partial charge in [-0.1, -0.05) is 6.42 Å². The highest BCUT2D eigenvalue weighted by atomic mass is 79.9. The molecule has 1 aliphatic heterocycles. The number of likely N-dealkylation sites (tertiary alicyclic amines) is 1. The Morgan fingerprint density at radius 2 is 2.15 bits per heavy atom. The van der Waals surface area contributed by atoms with Gasteiger partial charge in [-0.05, 0) is 58.8 Å². The molecule has 2 aliphatic rings. The maximum Gasteiger partial charge on any atom is 0.255 e. The first kappa shape index (κ1) is 14.0. The number of amides is 1. The van der Waals surface area contributed by atoms with Crippen LogP contribution in [0.5, 0.6) is 0 Å². The monoisotopic (exact) mass is 340 g/mol. The average molecular weight is 341 g/mol. The molecule has 1 aliphatic carbocycles. The van der Waals surface area contributed by atoms with Crippen LogP contribution in [-0.4, -0.2) is 29.9 Å². The third kappa shape index (κ3) is 2.49. The van der Waals surface area contributed by atoms with Crippen LogP contribution in [0, 0.1) is 17.7 Å². The Morgan fingerprint density at radius 1 is 1.35 bits per heavy atom. The van der Waals surface area contributed by atoms with Crippen molar-refractivity contribution in [1.82, 2.24) is 4.90 Å². The van der Waals surface area contributed by atoms with Gasteiger partial charge in [0.15, 0.2) is 0 Å². The number of nitrogens with two attached hydrogens (primary N) is 1. The van der Waals surface area contributed by atoms with Crippen molar-refractivity contribution < 1.29 is 9.18 Å². The molecule has 3 atom stereocenters. The largest absolute Gasteiger partial charge is 0.338 e. The fraction of sp³-hybridized carbons (Fsp3) is 0.533. The second-order valence-electron chi connectivity index (χ2n) is 5.85. The summed E-state index contributed by atoms with van der Waals surface area (Å²) in [4.78, 5) is 14.4. The van der Waals surface area contributed by atoms with E-state index in [0.717, 1.165) is 25.8 Å². The number of hydrogen-bond donors (Lipinski definition) is 1. The maximum atomic E-state index is 13.3. The van der Waals surface area contributed by atoms with Gasteiger partial charge in [0.25, 0.3) is 5.91 Å². The topological polar surface area (TPSA) is 46.3 Å². The van der Waals surface area contributed by atoms with Gasteiger partial charge < -0.3 is 10.6 Å².